The van der Waals surface area contributed by atoms with Gasteiger partial charge in [-0.05, 0) is 50.9 Å². The molecule has 3 rings (SSSR count). The first-order valence-electron chi connectivity index (χ1n) is 9.35. The lowest BCUT2D eigenvalue weighted by molar-refractivity contribution is -0.118. The largest absolute Gasteiger partial charge is 0.492 e. The fourth-order valence-corrected chi connectivity index (χ4v) is 2.97. The molecular weight excluding hydrogens is 373 g/mol. The molecule has 2 heterocycles. The Morgan fingerprint density at radius 3 is 2.41 bits per heavy atom. The molecule has 1 amide bonds. The van der Waals surface area contributed by atoms with Gasteiger partial charge < -0.3 is 19.0 Å². The van der Waals surface area contributed by atoms with Crippen LogP contribution in [0.5, 0.6) is 0 Å². The van der Waals surface area contributed by atoms with Gasteiger partial charge in [0.25, 0.3) is 0 Å². The molecule has 0 atom stereocenters. The Morgan fingerprint density at radius 2 is 1.83 bits per heavy atom. The molecule has 1 aromatic heterocycles. The Labute approximate surface area is 169 Å². The molecule has 1 aliphatic heterocycles. The van der Waals surface area contributed by atoms with Gasteiger partial charge in [0.05, 0.1) is 22.2 Å². The van der Waals surface area contributed by atoms with Crippen molar-refractivity contribution in [3.05, 3.63) is 51.3 Å². The maximum Gasteiger partial charge on any atom is 0.492 e. The van der Waals surface area contributed by atoms with E-state index in [4.69, 9.17) is 13.7 Å². The van der Waals surface area contributed by atoms with Crippen LogP contribution in [-0.4, -0.2) is 37.1 Å². The Bertz CT molecular complexity index is 1040. The highest BCUT2D eigenvalue weighted by Gasteiger charge is 2.52. The van der Waals surface area contributed by atoms with Crippen molar-refractivity contribution in [2.45, 2.75) is 45.8 Å². The summed E-state index contributed by atoms with van der Waals surface area (Å²) < 4.78 is 17.6. The highest BCUT2D eigenvalue weighted by molar-refractivity contribution is 6.56. The van der Waals surface area contributed by atoms with E-state index >= 15 is 0 Å². The number of hydrogen-bond acceptors (Lipinski definition) is 6. The fourth-order valence-electron chi connectivity index (χ4n) is 2.97. The van der Waals surface area contributed by atoms with Gasteiger partial charge in [0.1, 0.15) is 11.8 Å². The number of fused-ring (bicyclic) bond motifs is 1. The number of rotatable bonds is 5. The van der Waals surface area contributed by atoms with E-state index in [0.717, 1.165) is 6.26 Å². The number of amides is 1. The van der Waals surface area contributed by atoms with Crippen LogP contribution in [0.1, 0.15) is 50.5 Å². The Balaban J connectivity index is 2.04. The zero-order chi connectivity index (χ0) is 21.4. The molecule has 152 valence electrons. The molecule has 8 heteroatoms. The maximum atomic E-state index is 12.4. The zero-order valence-corrected chi connectivity index (χ0v) is 17.2. The van der Waals surface area contributed by atoms with E-state index in [1.54, 1.807) is 18.2 Å². The van der Waals surface area contributed by atoms with Crippen molar-refractivity contribution in [2.24, 2.45) is 0 Å². The molecule has 0 radical (unpaired) electrons. The standard InChI is InChI=1S/C21H24BNO6/c1-13(25)23-10-16(22-28-20(2,3)21(4,5)29-22)8-14-6-7-18-17(9-14)19(26)15(11-24)12-27-18/h6-9,11-12H,10H2,1-5H3,(H,23,25). The summed E-state index contributed by atoms with van der Waals surface area (Å²) in [5.74, 6) is -0.179. The van der Waals surface area contributed by atoms with Crippen LogP contribution < -0.4 is 10.7 Å². The summed E-state index contributed by atoms with van der Waals surface area (Å²) in [7, 11) is -0.653. The molecule has 29 heavy (non-hydrogen) atoms. The van der Waals surface area contributed by atoms with Crippen molar-refractivity contribution >= 4 is 36.4 Å². The smallest absolute Gasteiger partial charge is 0.463 e. The molecule has 0 bridgehead atoms. The van der Waals surface area contributed by atoms with Crippen LogP contribution in [0.3, 0.4) is 0 Å². The van der Waals surface area contributed by atoms with Crippen LogP contribution in [0.25, 0.3) is 17.0 Å². The average molecular weight is 397 g/mol. The summed E-state index contributed by atoms with van der Waals surface area (Å²) in [5.41, 5.74) is 0.291. The van der Waals surface area contributed by atoms with Crippen molar-refractivity contribution in [3.63, 3.8) is 0 Å². The maximum absolute atomic E-state index is 12.4. The van der Waals surface area contributed by atoms with Crippen molar-refractivity contribution < 1.29 is 23.3 Å². The predicted octanol–water partition coefficient (Wildman–Crippen LogP) is 2.76. The van der Waals surface area contributed by atoms with E-state index in [1.807, 2.05) is 33.8 Å². The number of nitrogens with one attached hydrogen (secondary N) is 1. The van der Waals surface area contributed by atoms with E-state index < -0.39 is 23.7 Å². The molecule has 7 nitrogen and oxygen atoms in total. The second kappa shape index (κ2) is 7.61. The Morgan fingerprint density at radius 1 is 1.17 bits per heavy atom. The van der Waals surface area contributed by atoms with Gasteiger partial charge in [-0.1, -0.05) is 12.1 Å². The van der Waals surface area contributed by atoms with Gasteiger partial charge in [-0.3, -0.25) is 14.4 Å². The summed E-state index contributed by atoms with van der Waals surface area (Å²) >= 11 is 0. The first-order valence-corrected chi connectivity index (χ1v) is 9.35. The molecule has 1 aromatic carbocycles. The van der Waals surface area contributed by atoms with Crippen LogP contribution in [0, 0.1) is 0 Å². The predicted molar refractivity (Wildman–Crippen MR) is 111 cm³/mol. The quantitative estimate of drug-likeness (QED) is 0.616. The van der Waals surface area contributed by atoms with Gasteiger partial charge in [0.15, 0.2) is 6.29 Å². The molecule has 2 aromatic rings. The van der Waals surface area contributed by atoms with E-state index in [1.165, 1.54) is 6.92 Å². The summed E-state index contributed by atoms with van der Waals surface area (Å²) in [6, 6.07) is 5.09. The molecule has 1 saturated heterocycles. The molecular formula is C21H24BNO6. The van der Waals surface area contributed by atoms with Crippen molar-refractivity contribution in [1.29, 1.82) is 0 Å². The second-order valence-electron chi connectivity index (χ2n) is 8.11. The number of aldehydes is 1. The van der Waals surface area contributed by atoms with Crippen molar-refractivity contribution in [2.75, 3.05) is 6.54 Å². The van der Waals surface area contributed by atoms with Crippen LogP contribution in [-0.2, 0) is 14.1 Å². The molecule has 1 N–H and O–H groups in total. The summed E-state index contributed by atoms with van der Waals surface area (Å²) in [6.07, 6.45) is 3.44. The average Bonchev–Trinajstić information content (AvgIpc) is 2.86. The highest BCUT2D eigenvalue weighted by atomic mass is 16.7. The van der Waals surface area contributed by atoms with E-state index in [2.05, 4.69) is 5.32 Å². The van der Waals surface area contributed by atoms with Gasteiger partial charge in [-0.15, -0.1) is 0 Å². The molecule has 0 spiro atoms. The van der Waals surface area contributed by atoms with Crippen molar-refractivity contribution in [1.82, 2.24) is 5.32 Å². The third kappa shape index (κ3) is 4.18. The zero-order valence-electron chi connectivity index (χ0n) is 17.2. The molecule has 0 aliphatic carbocycles. The van der Waals surface area contributed by atoms with Crippen LogP contribution in [0.15, 0.2) is 39.1 Å². The molecule has 0 saturated carbocycles. The number of carbonyl (C=O) groups excluding carboxylic acids is 2. The first kappa shape index (κ1) is 21.0. The third-order valence-electron chi connectivity index (χ3n) is 5.40. The Kier molecular flexibility index (Phi) is 5.51. The van der Waals surface area contributed by atoms with Crippen LogP contribution in [0.4, 0.5) is 0 Å². The summed E-state index contributed by atoms with van der Waals surface area (Å²) in [4.78, 5) is 34.9. The first-order chi connectivity index (χ1) is 13.5. The van der Waals surface area contributed by atoms with Gasteiger partial charge in [0.2, 0.25) is 11.3 Å². The van der Waals surface area contributed by atoms with Crippen LogP contribution >= 0.6 is 0 Å². The lowest BCUT2D eigenvalue weighted by Crippen LogP contribution is -2.41. The topological polar surface area (TPSA) is 94.8 Å². The fraction of sp³-hybridized carbons (Fsp3) is 0.381. The third-order valence-corrected chi connectivity index (χ3v) is 5.40. The number of benzene rings is 1. The summed E-state index contributed by atoms with van der Waals surface area (Å²) in [6.45, 7) is 9.46. The van der Waals surface area contributed by atoms with Gasteiger partial charge >= 0.3 is 7.12 Å². The second-order valence-corrected chi connectivity index (χ2v) is 8.11. The van der Waals surface area contributed by atoms with Gasteiger partial charge in [-0.2, -0.15) is 0 Å². The Hall–Kier alpha value is -2.71. The minimum absolute atomic E-state index is 0.0388. The monoisotopic (exact) mass is 397 g/mol. The van der Waals surface area contributed by atoms with E-state index in [9.17, 15) is 14.4 Å². The van der Waals surface area contributed by atoms with E-state index in [-0.39, 0.29) is 18.0 Å². The minimum Gasteiger partial charge on any atom is -0.463 e. The van der Waals surface area contributed by atoms with E-state index in [0.29, 0.717) is 28.3 Å². The highest BCUT2D eigenvalue weighted by Crippen LogP contribution is 2.38. The van der Waals surface area contributed by atoms with Crippen molar-refractivity contribution in [3.8, 4) is 0 Å². The minimum atomic E-state index is -0.653. The lowest BCUT2D eigenvalue weighted by atomic mass is 9.77. The number of hydrogen-bond donors (Lipinski definition) is 1. The summed E-state index contributed by atoms with van der Waals surface area (Å²) in [5, 5.41) is 3.07. The van der Waals surface area contributed by atoms with Gasteiger partial charge in [0, 0.05) is 13.5 Å². The normalized spacial score (nSPS) is 18.1. The lowest BCUT2D eigenvalue weighted by Gasteiger charge is -2.32. The van der Waals surface area contributed by atoms with Crippen LogP contribution in [0.2, 0.25) is 0 Å². The molecule has 1 aliphatic rings. The molecule has 1 fully saturated rings. The molecule has 0 unspecified atom stereocenters. The SMILES string of the molecule is CC(=O)NCC(=Cc1ccc2occ(C=O)c(=O)c2c1)B1OC(C)(C)C(C)(C)O1. The number of carbonyl (C=O) groups is 2. The van der Waals surface area contributed by atoms with Gasteiger partial charge in [-0.25, -0.2) is 0 Å².